The van der Waals surface area contributed by atoms with Crippen LogP contribution in [0.3, 0.4) is 0 Å². The minimum Gasteiger partial charge on any atom is -0.368 e. The molecule has 3 aliphatic heterocycles. The summed E-state index contributed by atoms with van der Waals surface area (Å²) in [6.45, 7) is 10.1. The highest BCUT2D eigenvalue weighted by molar-refractivity contribution is 5.09. The number of hydrogen-bond acceptors (Lipinski definition) is 4. The van der Waals surface area contributed by atoms with Gasteiger partial charge in [-0.3, -0.25) is 4.90 Å². The summed E-state index contributed by atoms with van der Waals surface area (Å²) in [6, 6.07) is 0.726. The molecule has 0 unspecified atom stereocenters. The van der Waals surface area contributed by atoms with Crippen LogP contribution in [-0.4, -0.2) is 66.1 Å². The first kappa shape index (κ1) is 17.3. The molecule has 1 N–H and O–H groups in total. The number of nitrogens with zero attached hydrogens (tertiary/aromatic N) is 2. The van der Waals surface area contributed by atoms with Gasteiger partial charge in [0.2, 0.25) is 0 Å². The zero-order valence-electron chi connectivity index (χ0n) is 15.6. The maximum absolute atomic E-state index is 10.7. The molecule has 0 aromatic heterocycles. The lowest BCUT2D eigenvalue weighted by molar-refractivity contribution is -0.291. The Morgan fingerprint density at radius 2 is 2.00 bits per heavy atom. The lowest BCUT2D eigenvalue weighted by Crippen LogP contribution is -2.68. The van der Waals surface area contributed by atoms with Gasteiger partial charge in [-0.15, -0.1) is 0 Å². The Morgan fingerprint density at radius 3 is 2.79 bits per heavy atom. The van der Waals surface area contributed by atoms with Crippen LogP contribution in [0.5, 0.6) is 0 Å². The van der Waals surface area contributed by atoms with Gasteiger partial charge in [-0.25, -0.2) is 0 Å². The second-order valence-corrected chi connectivity index (χ2v) is 8.85. The first-order chi connectivity index (χ1) is 11.7. The predicted molar refractivity (Wildman–Crippen MR) is 95.8 cm³/mol. The van der Waals surface area contributed by atoms with E-state index < -0.39 is 6.29 Å². The van der Waals surface area contributed by atoms with E-state index in [4.69, 9.17) is 4.74 Å². The van der Waals surface area contributed by atoms with Crippen LogP contribution in [0, 0.1) is 17.3 Å². The van der Waals surface area contributed by atoms with Gasteiger partial charge in [-0.2, -0.15) is 0 Å². The fourth-order valence-electron chi connectivity index (χ4n) is 6.48. The van der Waals surface area contributed by atoms with Gasteiger partial charge in [0, 0.05) is 36.4 Å². The molecule has 0 spiro atoms. The molecule has 2 bridgehead atoms. The van der Waals surface area contributed by atoms with E-state index in [0.717, 1.165) is 32.1 Å². The Bertz CT molecular complexity index is 441. The van der Waals surface area contributed by atoms with Crippen molar-refractivity contribution in [2.24, 2.45) is 17.3 Å². The van der Waals surface area contributed by atoms with Crippen LogP contribution in [0.15, 0.2) is 0 Å². The van der Waals surface area contributed by atoms with E-state index in [-0.39, 0.29) is 5.92 Å². The molecular formula is C20H36N2O2. The second kappa shape index (κ2) is 6.86. The Hall–Kier alpha value is -0.160. The molecule has 24 heavy (non-hydrogen) atoms. The quantitative estimate of drug-likeness (QED) is 0.856. The third kappa shape index (κ3) is 2.84. The Balaban J connectivity index is 1.55. The van der Waals surface area contributed by atoms with Gasteiger partial charge in [-0.1, -0.05) is 26.7 Å². The fraction of sp³-hybridized carbons (Fsp3) is 1.00. The molecule has 4 aliphatic rings. The largest absolute Gasteiger partial charge is 0.368 e. The monoisotopic (exact) mass is 336 g/mol. The first-order valence-corrected chi connectivity index (χ1v) is 10.5. The maximum atomic E-state index is 10.7. The van der Waals surface area contributed by atoms with E-state index in [0.29, 0.717) is 17.4 Å². The molecule has 4 heteroatoms. The lowest BCUT2D eigenvalue weighted by Gasteiger charge is -2.63. The third-order valence-electron chi connectivity index (χ3n) is 7.63. The van der Waals surface area contributed by atoms with Crippen LogP contribution < -0.4 is 0 Å². The Morgan fingerprint density at radius 1 is 1.17 bits per heavy atom. The summed E-state index contributed by atoms with van der Waals surface area (Å²) in [7, 11) is 0. The molecule has 4 fully saturated rings. The minimum atomic E-state index is -0.556. The van der Waals surface area contributed by atoms with Crippen LogP contribution in [0.2, 0.25) is 0 Å². The molecule has 3 heterocycles. The molecule has 4 nitrogen and oxygen atoms in total. The third-order valence-corrected chi connectivity index (χ3v) is 7.63. The smallest absolute Gasteiger partial charge is 0.159 e. The normalized spacial score (nSPS) is 45.8. The molecule has 0 amide bonds. The van der Waals surface area contributed by atoms with E-state index in [1.54, 1.807) is 0 Å². The van der Waals surface area contributed by atoms with Gasteiger partial charge in [0.1, 0.15) is 0 Å². The summed E-state index contributed by atoms with van der Waals surface area (Å²) < 4.78 is 6.40. The Kier molecular flexibility index (Phi) is 4.94. The summed E-state index contributed by atoms with van der Waals surface area (Å²) in [4.78, 5) is 5.25. The van der Waals surface area contributed by atoms with E-state index in [2.05, 4.69) is 23.6 Å². The first-order valence-electron chi connectivity index (χ1n) is 10.5. The fourth-order valence-corrected chi connectivity index (χ4v) is 6.48. The molecule has 3 saturated heterocycles. The zero-order valence-corrected chi connectivity index (χ0v) is 15.6. The van der Waals surface area contributed by atoms with Crippen molar-refractivity contribution in [1.82, 2.24) is 9.80 Å². The van der Waals surface area contributed by atoms with Gasteiger partial charge in [0.15, 0.2) is 6.29 Å². The van der Waals surface area contributed by atoms with E-state index in [1.165, 1.54) is 51.6 Å². The highest BCUT2D eigenvalue weighted by atomic mass is 16.6. The van der Waals surface area contributed by atoms with Crippen molar-refractivity contribution in [3.05, 3.63) is 0 Å². The van der Waals surface area contributed by atoms with Crippen LogP contribution in [0.25, 0.3) is 0 Å². The molecule has 6 atom stereocenters. The number of aliphatic hydroxyl groups excluding tert-OH is 1. The SMILES string of the molecule is CCN(CC)C[C@H]1C[C@@]23CCC[C@H]([C@H]4CCCCN4C2)[C@@H]3O[C@@H]1O. The van der Waals surface area contributed by atoms with E-state index >= 15 is 0 Å². The van der Waals surface area contributed by atoms with Crippen molar-refractivity contribution in [2.45, 2.75) is 77.2 Å². The molecule has 1 saturated carbocycles. The average Bonchev–Trinajstić information content (AvgIpc) is 2.59. The van der Waals surface area contributed by atoms with Gasteiger partial charge in [-0.05, 0) is 51.7 Å². The Labute approximate surface area is 147 Å². The molecule has 1 aliphatic carbocycles. The van der Waals surface area contributed by atoms with Crippen molar-refractivity contribution in [3.8, 4) is 0 Å². The van der Waals surface area contributed by atoms with Crippen molar-refractivity contribution < 1.29 is 9.84 Å². The summed E-state index contributed by atoms with van der Waals surface area (Å²) >= 11 is 0. The topological polar surface area (TPSA) is 35.9 Å². The molecular weight excluding hydrogens is 300 g/mol. The average molecular weight is 337 g/mol. The molecule has 138 valence electrons. The van der Waals surface area contributed by atoms with Crippen LogP contribution in [-0.2, 0) is 4.74 Å². The predicted octanol–water partition coefficient (Wildman–Crippen LogP) is 2.71. The van der Waals surface area contributed by atoms with Crippen LogP contribution in [0.4, 0.5) is 0 Å². The van der Waals surface area contributed by atoms with Crippen molar-refractivity contribution in [2.75, 3.05) is 32.7 Å². The molecule has 0 radical (unpaired) electrons. The van der Waals surface area contributed by atoms with E-state index in [1.807, 2.05) is 0 Å². The maximum Gasteiger partial charge on any atom is 0.159 e. The number of hydrogen-bond donors (Lipinski definition) is 1. The summed E-state index contributed by atoms with van der Waals surface area (Å²) in [6.07, 6.45) is 8.99. The molecule has 0 aromatic rings. The highest BCUT2D eigenvalue weighted by Crippen LogP contribution is 2.55. The van der Waals surface area contributed by atoms with Crippen LogP contribution >= 0.6 is 0 Å². The number of rotatable bonds is 4. The highest BCUT2D eigenvalue weighted by Gasteiger charge is 2.59. The molecule has 4 rings (SSSR count). The zero-order chi connectivity index (χ0) is 16.7. The summed E-state index contributed by atoms with van der Waals surface area (Å²) in [5.74, 6) is 0.943. The standard InChI is InChI=1S/C20H36N2O2/c1-3-21(4-2)13-15-12-20-10-7-8-16(18(20)24-19(15)23)17-9-5-6-11-22(17)14-20/h15-19,23H,3-14H2,1-2H3/t15-,16-,17-,18+,19+,20+/m1/s1. The number of ether oxygens (including phenoxy) is 1. The van der Waals surface area contributed by atoms with Crippen LogP contribution in [0.1, 0.15) is 58.8 Å². The van der Waals surface area contributed by atoms with Crippen molar-refractivity contribution in [3.63, 3.8) is 0 Å². The van der Waals surface area contributed by atoms with Gasteiger partial charge in [0.25, 0.3) is 0 Å². The van der Waals surface area contributed by atoms with Gasteiger partial charge in [0.05, 0.1) is 6.10 Å². The van der Waals surface area contributed by atoms with E-state index in [9.17, 15) is 5.11 Å². The number of fused-ring (bicyclic) bond motifs is 2. The van der Waals surface area contributed by atoms with Crippen molar-refractivity contribution >= 4 is 0 Å². The lowest BCUT2D eigenvalue weighted by atomic mass is 9.56. The summed E-state index contributed by atoms with van der Waals surface area (Å²) in [5, 5.41) is 10.7. The number of piperidine rings is 2. The summed E-state index contributed by atoms with van der Waals surface area (Å²) in [5.41, 5.74) is 0.313. The minimum absolute atomic E-state index is 0.279. The molecule has 0 aromatic carbocycles. The van der Waals surface area contributed by atoms with Crippen molar-refractivity contribution in [1.29, 1.82) is 0 Å². The van der Waals surface area contributed by atoms with Gasteiger partial charge >= 0.3 is 0 Å². The number of aliphatic hydroxyl groups is 1. The second-order valence-electron chi connectivity index (χ2n) is 8.85. The van der Waals surface area contributed by atoms with Gasteiger partial charge < -0.3 is 14.7 Å².